The fourth-order valence-corrected chi connectivity index (χ4v) is 2.95. The van der Waals surface area contributed by atoms with Crippen molar-refractivity contribution in [3.8, 4) is 0 Å². The minimum absolute atomic E-state index is 0. The van der Waals surface area contributed by atoms with E-state index in [-0.39, 0.29) is 12.4 Å². The van der Waals surface area contributed by atoms with Crippen molar-refractivity contribution in [3.05, 3.63) is 35.5 Å². The van der Waals surface area contributed by atoms with E-state index in [2.05, 4.69) is 28.8 Å². The Bertz CT molecular complexity index is 516. The standard InChI is InChI=1S/C14H18N2.ClH/c15-9-8-12-11-5-1-2-6-13(11)16-10-4-3-7-14(12)16;/h1-2,5-6H,3-4,7-10,15H2;1H. The minimum Gasteiger partial charge on any atom is -0.344 e. The highest BCUT2D eigenvalue weighted by atomic mass is 35.5. The average Bonchev–Trinajstić information content (AvgIpc) is 2.66. The molecule has 17 heavy (non-hydrogen) atoms. The Morgan fingerprint density at radius 3 is 2.82 bits per heavy atom. The highest BCUT2D eigenvalue weighted by Crippen LogP contribution is 2.30. The van der Waals surface area contributed by atoms with Crippen LogP contribution in [-0.2, 0) is 19.4 Å². The van der Waals surface area contributed by atoms with Gasteiger partial charge in [0, 0.05) is 23.1 Å². The molecule has 0 spiro atoms. The van der Waals surface area contributed by atoms with E-state index in [9.17, 15) is 0 Å². The number of hydrogen-bond acceptors (Lipinski definition) is 1. The zero-order valence-electron chi connectivity index (χ0n) is 9.98. The first-order valence-corrected chi connectivity index (χ1v) is 6.21. The second-order valence-electron chi connectivity index (χ2n) is 4.59. The van der Waals surface area contributed by atoms with Crippen molar-refractivity contribution >= 4 is 23.3 Å². The van der Waals surface area contributed by atoms with Gasteiger partial charge in [0.25, 0.3) is 0 Å². The maximum absolute atomic E-state index is 5.73. The van der Waals surface area contributed by atoms with Crippen LogP contribution in [0.2, 0.25) is 0 Å². The van der Waals surface area contributed by atoms with Crippen molar-refractivity contribution in [2.24, 2.45) is 5.73 Å². The summed E-state index contributed by atoms with van der Waals surface area (Å²) in [6.45, 7) is 1.93. The Balaban J connectivity index is 0.00000108. The van der Waals surface area contributed by atoms with Gasteiger partial charge in [-0.25, -0.2) is 0 Å². The van der Waals surface area contributed by atoms with Gasteiger partial charge >= 0.3 is 0 Å². The van der Waals surface area contributed by atoms with Crippen LogP contribution in [0.15, 0.2) is 24.3 Å². The molecule has 1 aromatic carbocycles. The molecule has 2 N–H and O–H groups in total. The highest BCUT2D eigenvalue weighted by Gasteiger charge is 2.18. The fourth-order valence-electron chi connectivity index (χ4n) is 2.95. The van der Waals surface area contributed by atoms with E-state index in [4.69, 9.17) is 5.73 Å². The molecule has 3 heteroatoms. The molecule has 0 aliphatic carbocycles. The van der Waals surface area contributed by atoms with Crippen LogP contribution in [0, 0.1) is 0 Å². The summed E-state index contributed by atoms with van der Waals surface area (Å²) in [6.07, 6.45) is 4.88. The van der Waals surface area contributed by atoms with Crippen molar-refractivity contribution in [1.82, 2.24) is 4.57 Å². The molecule has 2 nitrogen and oxygen atoms in total. The molecule has 1 aliphatic rings. The van der Waals surface area contributed by atoms with E-state index in [1.54, 1.807) is 0 Å². The van der Waals surface area contributed by atoms with E-state index < -0.39 is 0 Å². The topological polar surface area (TPSA) is 30.9 Å². The molecule has 0 atom stereocenters. The van der Waals surface area contributed by atoms with Crippen LogP contribution < -0.4 is 5.73 Å². The number of rotatable bonds is 2. The molecule has 0 bridgehead atoms. The summed E-state index contributed by atoms with van der Waals surface area (Å²) in [5.41, 5.74) is 10.2. The summed E-state index contributed by atoms with van der Waals surface area (Å²) in [5.74, 6) is 0. The number of halogens is 1. The molecule has 2 heterocycles. The third kappa shape index (κ3) is 1.96. The second-order valence-corrected chi connectivity index (χ2v) is 4.59. The molecular weight excluding hydrogens is 232 g/mol. The molecule has 0 amide bonds. The molecule has 0 unspecified atom stereocenters. The van der Waals surface area contributed by atoms with Crippen molar-refractivity contribution in [1.29, 1.82) is 0 Å². The Hall–Kier alpha value is -0.990. The van der Waals surface area contributed by atoms with Crippen molar-refractivity contribution in [2.75, 3.05) is 6.54 Å². The number of aromatic nitrogens is 1. The first kappa shape index (κ1) is 12.5. The molecule has 2 aromatic rings. The van der Waals surface area contributed by atoms with Crippen LogP contribution in [0.1, 0.15) is 24.1 Å². The first-order chi connectivity index (χ1) is 7.92. The van der Waals surface area contributed by atoms with Gasteiger partial charge in [-0.1, -0.05) is 18.2 Å². The minimum atomic E-state index is 0. The van der Waals surface area contributed by atoms with Crippen LogP contribution in [0.25, 0.3) is 10.9 Å². The largest absolute Gasteiger partial charge is 0.344 e. The summed E-state index contributed by atoms with van der Waals surface area (Å²) in [5, 5.41) is 1.42. The predicted molar refractivity (Wildman–Crippen MR) is 74.9 cm³/mol. The fraction of sp³-hybridized carbons (Fsp3) is 0.429. The molecule has 1 aromatic heterocycles. The first-order valence-electron chi connectivity index (χ1n) is 6.21. The van der Waals surface area contributed by atoms with E-state index in [0.29, 0.717) is 0 Å². The Morgan fingerprint density at radius 2 is 2.00 bits per heavy atom. The maximum atomic E-state index is 5.73. The number of benzene rings is 1. The Morgan fingerprint density at radius 1 is 1.18 bits per heavy atom. The van der Waals surface area contributed by atoms with Gasteiger partial charge in [-0.2, -0.15) is 0 Å². The number of nitrogens with zero attached hydrogens (tertiary/aromatic N) is 1. The molecule has 3 rings (SSSR count). The zero-order valence-corrected chi connectivity index (χ0v) is 10.8. The van der Waals surface area contributed by atoms with Crippen LogP contribution in [0.5, 0.6) is 0 Å². The number of aryl methyl sites for hydroxylation is 1. The summed E-state index contributed by atoms with van der Waals surface area (Å²) in [6, 6.07) is 8.75. The smallest absolute Gasteiger partial charge is 0.0485 e. The Labute approximate surface area is 108 Å². The number of hydrogen-bond donors (Lipinski definition) is 1. The van der Waals surface area contributed by atoms with Crippen LogP contribution in [0.4, 0.5) is 0 Å². The molecular formula is C14H19ClN2. The highest BCUT2D eigenvalue weighted by molar-refractivity contribution is 5.86. The summed E-state index contributed by atoms with van der Waals surface area (Å²) < 4.78 is 2.50. The van der Waals surface area contributed by atoms with Crippen molar-refractivity contribution in [2.45, 2.75) is 32.2 Å². The second kappa shape index (κ2) is 5.11. The van der Waals surface area contributed by atoms with Gasteiger partial charge in [0.15, 0.2) is 0 Å². The van der Waals surface area contributed by atoms with Gasteiger partial charge in [-0.3, -0.25) is 0 Å². The lowest BCUT2D eigenvalue weighted by Gasteiger charge is -2.17. The lowest BCUT2D eigenvalue weighted by Crippen LogP contribution is -2.12. The van der Waals surface area contributed by atoms with E-state index in [0.717, 1.165) is 13.0 Å². The monoisotopic (exact) mass is 250 g/mol. The lowest BCUT2D eigenvalue weighted by molar-refractivity contribution is 0.541. The SMILES string of the molecule is Cl.NCCc1c2n(c3ccccc13)CCCC2. The summed E-state index contributed by atoms with van der Waals surface area (Å²) >= 11 is 0. The average molecular weight is 251 g/mol. The molecule has 1 aliphatic heterocycles. The van der Waals surface area contributed by atoms with Gasteiger partial charge in [-0.05, 0) is 43.9 Å². The lowest BCUT2D eigenvalue weighted by atomic mass is 10.0. The summed E-state index contributed by atoms with van der Waals surface area (Å²) in [7, 11) is 0. The number of fused-ring (bicyclic) bond motifs is 3. The third-order valence-corrected chi connectivity index (χ3v) is 3.63. The van der Waals surface area contributed by atoms with Crippen molar-refractivity contribution < 1.29 is 0 Å². The zero-order chi connectivity index (χ0) is 11.0. The molecule has 0 radical (unpaired) electrons. The van der Waals surface area contributed by atoms with Crippen molar-refractivity contribution in [3.63, 3.8) is 0 Å². The van der Waals surface area contributed by atoms with Gasteiger partial charge in [0.05, 0.1) is 0 Å². The summed E-state index contributed by atoms with van der Waals surface area (Å²) in [4.78, 5) is 0. The molecule has 0 fully saturated rings. The van der Waals surface area contributed by atoms with Gasteiger partial charge in [0.2, 0.25) is 0 Å². The number of nitrogens with two attached hydrogens (primary N) is 1. The van der Waals surface area contributed by atoms with Crippen LogP contribution in [0.3, 0.4) is 0 Å². The van der Waals surface area contributed by atoms with Gasteiger partial charge in [0.1, 0.15) is 0 Å². The van der Waals surface area contributed by atoms with E-state index in [1.165, 1.54) is 48.0 Å². The normalized spacial score (nSPS) is 14.4. The third-order valence-electron chi connectivity index (χ3n) is 3.63. The van der Waals surface area contributed by atoms with Crippen LogP contribution in [-0.4, -0.2) is 11.1 Å². The Kier molecular flexibility index (Phi) is 3.75. The quantitative estimate of drug-likeness (QED) is 0.873. The molecule has 0 saturated carbocycles. The molecule has 0 saturated heterocycles. The van der Waals surface area contributed by atoms with Crippen LogP contribution >= 0.6 is 12.4 Å². The van der Waals surface area contributed by atoms with Gasteiger partial charge in [-0.15, -0.1) is 12.4 Å². The van der Waals surface area contributed by atoms with E-state index in [1.807, 2.05) is 0 Å². The predicted octanol–water partition coefficient (Wildman–Crippen LogP) is 2.90. The molecule has 92 valence electrons. The maximum Gasteiger partial charge on any atom is 0.0485 e. The van der Waals surface area contributed by atoms with Gasteiger partial charge < -0.3 is 10.3 Å². The van der Waals surface area contributed by atoms with E-state index >= 15 is 0 Å². The number of para-hydroxylation sites is 1.